The van der Waals surface area contributed by atoms with Gasteiger partial charge in [-0.2, -0.15) is 0 Å². The zero-order chi connectivity index (χ0) is 15.1. The quantitative estimate of drug-likeness (QED) is 0.307. The molecule has 20 heavy (non-hydrogen) atoms. The van der Waals surface area contributed by atoms with Gasteiger partial charge in [0.15, 0.2) is 0 Å². The van der Waals surface area contributed by atoms with Gasteiger partial charge in [-0.15, -0.1) is 0 Å². The van der Waals surface area contributed by atoms with Gasteiger partial charge in [0.25, 0.3) is 0 Å². The van der Waals surface area contributed by atoms with E-state index in [0.29, 0.717) is 22.8 Å². The number of aromatic nitrogens is 1. The molecule has 0 aromatic carbocycles. The maximum absolute atomic E-state index is 5.38. The van der Waals surface area contributed by atoms with Crippen molar-refractivity contribution < 1.29 is 0 Å². The predicted octanol–water partition coefficient (Wildman–Crippen LogP) is -0.504. The van der Waals surface area contributed by atoms with E-state index in [1.807, 2.05) is 18.2 Å². The first-order chi connectivity index (χ1) is 9.40. The molecule has 1 aromatic heterocycles. The summed E-state index contributed by atoms with van der Waals surface area (Å²) in [5.41, 5.74) is 13.4. The Morgan fingerprint density at radius 1 is 0.900 bits per heavy atom. The zero-order valence-corrected chi connectivity index (χ0v) is 14.4. The molecule has 2 radical (unpaired) electrons. The summed E-state index contributed by atoms with van der Waals surface area (Å²) in [6, 6.07) is 5.50. The molecular formula is C11H13N7Se2. The molecule has 7 nitrogen and oxygen atoms in total. The van der Waals surface area contributed by atoms with E-state index in [9.17, 15) is 0 Å². The number of hydrogen-bond donors (Lipinski definition) is 2. The summed E-state index contributed by atoms with van der Waals surface area (Å²) in [4.78, 5) is 4.43. The van der Waals surface area contributed by atoms with Crippen LogP contribution in [-0.2, 0) is 0 Å². The van der Waals surface area contributed by atoms with Gasteiger partial charge in [0, 0.05) is 0 Å². The van der Waals surface area contributed by atoms with Gasteiger partial charge in [-0.1, -0.05) is 0 Å². The van der Waals surface area contributed by atoms with Crippen LogP contribution in [0.15, 0.2) is 38.6 Å². The van der Waals surface area contributed by atoms with Crippen molar-refractivity contribution in [3.63, 3.8) is 0 Å². The molecule has 0 fully saturated rings. The van der Waals surface area contributed by atoms with E-state index in [-0.39, 0.29) is 9.47 Å². The van der Waals surface area contributed by atoms with Gasteiger partial charge < -0.3 is 0 Å². The van der Waals surface area contributed by atoms with Crippen LogP contribution in [0.5, 0.6) is 0 Å². The van der Waals surface area contributed by atoms with Crippen LogP contribution < -0.4 is 11.5 Å². The van der Waals surface area contributed by atoms with E-state index in [2.05, 4.69) is 57.4 Å². The minimum atomic E-state index is 0.266. The van der Waals surface area contributed by atoms with E-state index >= 15 is 0 Å². The summed E-state index contributed by atoms with van der Waals surface area (Å²) in [6.45, 7) is 3.59. The number of pyridine rings is 1. The average Bonchev–Trinajstić information content (AvgIpc) is 2.42. The zero-order valence-electron chi connectivity index (χ0n) is 10.9. The van der Waals surface area contributed by atoms with Crippen molar-refractivity contribution in [2.24, 2.45) is 31.9 Å². The number of rotatable bonds is 4. The molecule has 1 rings (SSSR count). The molecule has 0 unspecified atom stereocenters. The average molecular weight is 401 g/mol. The molecule has 104 valence electrons. The molecule has 0 bridgehead atoms. The van der Waals surface area contributed by atoms with Crippen LogP contribution in [0.25, 0.3) is 0 Å². The normalized spacial score (nSPS) is 14.5. The fourth-order valence-corrected chi connectivity index (χ4v) is 1.36. The number of nitrogens with zero attached hydrogens (tertiary/aromatic N) is 5. The van der Waals surface area contributed by atoms with Gasteiger partial charge >= 0.3 is 133 Å². The van der Waals surface area contributed by atoms with Crippen molar-refractivity contribution >= 4 is 52.9 Å². The molecule has 0 aliphatic heterocycles. The summed E-state index contributed by atoms with van der Waals surface area (Å²) in [6.07, 6.45) is 0. The number of nitrogens with two attached hydrogens (primary N) is 2. The Labute approximate surface area is 133 Å². The second-order valence-electron chi connectivity index (χ2n) is 3.66. The predicted molar refractivity (Wildman–Crippen MR) is 83.4 cm³/mol. The van der Waals surface area contributed by atoms with Crippen LogP contribution in [-0.4, -0.2) is 57.9 Å². The molecule has 0 aliphatic carbocycles. The van der Waals surface area contributed by atoms with Gasteiger partial charge in [-0.05, 0) is 0 Å². The Hall–Kier alpha value is -1.53. The second kappa shape index (κ2) is 7.91. The van der Waals surface area contributed by atoms with E-state index in [4.69, 9.17) is 11.5 Å². The first-order valence-corrected chi connectivity index (χ1v) is 7.18. The fourth-order valence-electron chi connectivity index (χ4n) is 1.19. The standard InChI is InChI=1S/C11H13N7Se2/c1-6(15-17-10(12)19)8-4-3-5-9(14-8)7(2)16-18-11(13)20/h3-5H,1-2H3,(H2,12,17)(H2,13,18)/b15-6+,16-7+. The molecule has 0 aliphatic rings. The maximum atomic E-state index is 5.38. The Balaban J connectivity index is 3.08. The van der Waals surface area contributed by atoms with Crippen molar-refractivity contribution in [3.8, 4) is 0 Å². The number of hydrogen-bond acceptors (Lipinski definition) is 5. The molecule has 0 saturated carbocycles. The molecule has 1 aromatic rings. The fraction of sp³-hybridized carbons (Fsp3) is 0.182. The Morgan fingerprint density at radius 3 is 1.65 bits per heavy atom. The van der Waals surface area contributed by atoms with Gasteiger partial charge in [0.1, 0.15) is 0 Å². The van der Waals surface area contributed by atoms with Gasteiger partial charge in [-0.3, -0.25) is 0 Å². The summed E-state index contributed by atoms with van der Waals surface area (Å²) in [5.74, 6) is 0. The molecule has 0 saturated heterocycles. The summed E-state index contributed by atoms with van der Waals surface area (Å²) in [5, 5.41) is 15.4. The SMILES string of the molecule is C/C(=N\N=C(\N)[Se])c1cccc(/C(C)=N/N=C(/N)[Se])n1. The molecule has 4 N–H and O–H groups in total. The third-order valence-corrected chi connectivity index (χ3v) is 2.43. The second-order valence-corrected chi connectivity index (χ2v) is 5.41. The van der Waals surface area contributed by atoms with E-state index in [1.54, 1.807) is 13.8 Å². The van der Waals surface area contributed by atoms with Crippen LogP contribution in [0.4, 0.5) is 0 Å². The Morgan fingerprint density at radius 2 is 1.30 bits per heavy atom. The van der Waals surface area contributed by atoms with E-state index in [0.717, 1.165) is 0 Å². The Kier molecular flexibility index (Phi) is 6.54. The first kappa shape index (κ1) is 16.5. The van der Waals surface area contributed by atoms with Crippen LogP contribution >= 0.6 is 0 Å². The molecule has 0 spiro atoms. The van der Waals surface area contributed by atoms with Gasteiger partial charge in [0.2, 0.25) is 0 Å². The van der Waals surface area contributed by atoms with E-state index < -0.39 is 0 Å². The monoisotopic (exact) mass is 403 g/mol. The van der Waals surface area contributed by atoms with Crippen LogP contribution in [0.3, 0.4) is 0 Å². The van der Waals surface area contributed by atoms with Gasteiger partial charge in [0.05, 0.1) is 0 Å². The molecule has 9 heteroatoms. The number of amidine groups is 2. The van der Waals surface area contributed by atoms with Crippen molar-refractivity contribution in [3.05, 3.63) is 29.6 Å². The van der Waals surface area contributed by atoms with E-state index in [1.165, 1.54) is 0 Å². The van der Waals surface area contributed by atoms with Crippen LogP contribution in [0, 0.1) is 0 Å². The third kappa shape index (κ3) is 5.62. The van der Waals surface area contributed by atoms with Crippen LogP contribution in [0.1, 0.15) is 25.2 Å². The van der Waals surface area contributed by atoms with Crippen molar-refractivity contribution in [2.75, 3.05) is 0 Å². The third-order valence-electron chi connectivity index (χ3n) is 2.09. The van der Waals surface area contributed by atoms with Crippen molar-refractivity contribution in [1.82, 2.24) is 4.98 Å². The molecule has 0 atom stereocenters. The van der Waals surface area contributed by atoms with Gasteiger partial charge in [-0.25, -0.2) is 0 Å². The molecular weight excluding hydrogens is 388 g/mol. The van der Waals surface area contributed by atoms with Crippen molar-refractivity contribution in [1.29, 1.82) is 0 Å². The summed E-state index contributed by atoms with van der Waals surface area (Å²) in [7, 11) is 0. The summed E-state index contributed by atoms with van der Waals surface area (Å²) < 4.78 is 0.532. The Bertz CT molecular complexity index is 547. The molecule has 0 amide bonds. The molecule has 1 heterocycles. The topological polar surface area (TPSA) is 114 Å². The summed E-state index contributed by atoms with van der Waals surface area (Å²) >= 11 is 5.11. The minimum absolute atomic E-state index is 0.266. The first-order valence-electron chi connectivity index (χ1n) is 5.47. The van der Waals surface area contributed by atoms with Crippen LogP contribution in [0.2, 0.25) is 0 Å². The van der Waals surface area contributed by atoms with Crippen molar-refractivity contribution in [2.45, 2.75) is 13.8 Å².